The van der Waals surface area contributed by atoms with E-state index < -0.39 is 0 Å². The molecule has 1 amide bonds. The molecule has 7 nitrogen and oxygen atoms in total. The first-order valence-electron chi connectivity index (χ1n) is 6.71. The van der Waals surface area contributed by atoms with Crippen molar-refractivity contribution in [1.29, 1.82) is 0 Å². The summed E-state index contributed by atoms with van der Waals surface area (Å²) in [7, 11) is 3.23. The zero-order chi connectivity index (χ0) is 15.0. The molecule has 21 heavy (non-hydrogen) atoms. The third kappa shape index (κ3) is 2.54. The summed E-state index contributed by atoms with van der Waals surface area (Å²) < 4.78 is 6.63. The number of rotatable bonds is 4. The van der Waals surface area contributed by atoms with Gasteiger partial charge in [0.25, 0.3) is 5.56 Å². The van der Waals surface area contributed by atoms with Crippen molar-refractivity contribution >= 4 is 22.8 Å². The van der Waals surface area contributed by atoms with E-state index in [0.29, 0.717) is 16.8 Å². The molecule has 1 aromatic heterocycles. The number of methoxy groups -OCH3 is 1. The summed E-state index contributed by atoms with van der Waals surface area (Å²) in [5.74, 6) is 0.695. The van der Waals surface area contributed by atoms with Crippen LogP contribution in [0.4, 0.5) is 5.82 Å². The van der Waals surface area contributed by atoms with Crippen LogP contribution in [0.5, 0.6) is 5.75 Å². The molecule has 1 fully saturated rings. The molecule has 7 heteroatoms. The van der Waals surface area contributed by atoms with E-state index in [1.54, 1.807) is 32.4 Å². The molecule has 0 aliphatic heterocycles. The molecule has 0 radical (unpaired) electrons. The van der Waals surface area contributed by atoms with Crippen LogP contribution in [-0.4, -0.2) is 22.6 Å². The molecule has 3 rings (SSSR count). The van der Waals surface area contributed by atoms with Crippen molar-refractivity contribution in [3.05, 3.63) is 28.6 Å². The average molecular weight is 288 g/mol. The molecule has 2 aromatic rings. The van der Waals surface area contributed by atoms with Gasteiger partial charge in [-0.25, -0.2) is 4.98 Å². The SMILES string of the molecule is COc1ccc2c(c1)nc(NNC(=O)C1CC1)c(=O)n2C. The summed E-state index contributed by atoms with van der Waals surface area (Å²) in [6, 6.07) is 5.28. The minimum absolute atomic E-state index is 0.0573. The molecule has 2 N–H and O–H groups in total. The largest absolute Gasteiger partial charge is 0.497 e. The van der Waals surface area contributed by atoms with E-state index in [9.17, 15) is 9.59 Å². The van der Waals surface area contributed by atoms with Crippen molar-refractivity contribution in [3.63, 3.8) is 0 Å². The Morgan fingerprint density at radius 1 is 1.43 bits per heavy atom. The molecule has 0 atom stereocenters. The van der Waals surface area contributed by atoms with Gasteiger partial charge >= 0.3 is 0 Å². The minimum Gasteiger partial charge on any atom is -0.497 e. The smallest absolute Gasteiger partial charge is 0.295 e. The number of ether oxygens (including phenoxy) is 1. The van der Waals surface area contributed by atoms with Gasteiger partial charge in [-0.05, 0) is 25.0 Å². The summed E-state index contributed by atoms with van der Waals surface area (Å²) in [6.07, 6.45) is 1.79. The number of benzene rings is 1. The number of nitrogens with one attached hydrogen (secondary N) is 2. The Bertz CT molecular complexity index is 765. The third-order valence-corrected chi connectivity index (χ3v) is 3.54. The lowest BCUT2D eigenvalue weighted by Gasteiger charge is -2.11. The highest BCUT2D eigenvalue weighted by molar-refractivity contribution is 5.82. The van der Waals surface area contributed by atoms with Crippen molar-refractivity contribution in [1.82, 2.24) is 15.0 Å². The van der Waals surface area contributed by atoms with Crippen LogP contribution in [0.25, 0.3) is 11.0 Å². The summed E-state index contributed by atoms with van der Waals surface area (Å²) in [4.78, 5) is 28.1. The molecule has 1 saturated carbocycles. The fourth-order valence-corrected chi connectivity index (χ4v) is 2.09. The van der Waals surface area contributed by atoms with Crippen LogP contribution >= 0.6 is 0 Å². The molecule has 0 spiro atoms. The first-order valence-corrected chi connectivity index (χ1v) is 6.71. The zero-order valence-corrected chi connectivity index (χ0v) is 11.8. The van der Waals surface area contributed by atoms with Crippen molar-refractivity contribution in [2.24, 2.45) is 13.0 Å². The molecule has 0 unspecified atom stereocenters. The number of aryl methyl sites for hydroxylation is 1. The second kappa shape index (κ2) is 5.08. The topological polar surface area (TPSA) is 85.2 Å². The van der Waals surface area contributed by atoms with Crippen LogP contribution in [0.3, 0.4) is 0 Å². The quantitative estimate of drug-likeness (QED) is 0.813. The number of aromatic nitrogens is 2. The Morgan fingerprint density at radius 2 is 2.19 bits per heavy atom. The van der Waals surface area contributed by atoms with Gasteiger partial charge in [0, 0.05) is 19.0 Å². The van der Waals surface area contributed by atoms with Gasteiger partial charge < -0.3 is 9.30 Å². The second-order valence-corrected chi connectivity index (χ2v) is 5.07. The van der Waals surface area contributed by atoms with Crippen LogP contribution in [-0.2, 0) is 11.8 Å². The van der Waals surface area contributed by atoms with E-state index in [4.69, 9.17) is 4.74 Å². The van der Waals surface area contributed by atoms with Gasteiger partial charge in [-0.15, -0.1) is 0 Å². The Labute approximate surface area is 120 Å². The predicted molar refractivity (Wildman–Crippen MR) is 78.0 cm³/mol. The molecule has 1 aliphatic rings. The van der Waals surface area contributed by atoms with Crippen molar-refractivity contribution in [2.45, 2.75) is 12.8 Å². The number of carbonyl (C=O) groups excluding carboxylic acids is 1. The van der Waals surface area contributed by atoms with E-state index in [0.717, 1.165) is 12.8 Å². The first kappa shape index (κ1) is 13.4. The van der Waals surface area contributed by atoms with Crippen LogP contribution < -0.4 is 21.1 Å². The fraction of sp³-hybridized carbons (Fsp3) is 0.357. The van der Waals surface area contributed by atoms with Crippen LogP contribution in [0, 0.1) is 5.92 Å². The number of anilines is 1. The van der Waals surface area contributed by atoms with Crippen molar-refractivity contribution in [2.75, 3.05) is 12.5 Å². The van der Waals surface area contributed by atoms with E-state index in [1.807, 2.05) is 0 Å². The maximum atomic E-state index is 12.2. The number of hydrogen-bond donors (Lipinski definition) is 2. The van der Waals surface area contributed by atoms with E-state index in [2.05, 4.69) is 15.8 Å². The summed E-state index contributed by atoms with van der Waals surface area (Å²) in [5.41, 5.74) is 6.15. The molecule has 1 aromatic carbocycles. The van der Waals surface area contributed by atoms with E-state index in [-0.39, 0.29) is 23.2 Å². The lowest BCUT2D eigenvalue weighted by molar-refractivity contribution is -0.121. The molecular weight excluding hydrogens is 272 g/mol. The molecule has 0 bridgehead atoms. The monoisotopic (exact) mass is 288 g/mol. The number of nitrogens with zero attached hydrogens (tertiary/aromatic N) is 2. The Morgan fingerprint density at radius 3 is 2.86 bits per heavy atom. The summed E-state index contributed by atoms with van der Waals surface area (Å²) in [6.45, 7) is 0. The normalized spacial score (nSPS) is 14.0. The van der Waals surface area contributed by atoms with Crippen molar-refractivity contribution < 1.29 is 9.53 Å². The molecule has 1 aliphatic carbocycles. The maximum absolute atomic E-state index is 12.2. The molecule has 0 saturated heterocycles. The Hall–Kier alpha value is -2.57. The van der Waals surface area contributed by atoms with Gasteiger partial charge in [0.2, 0.25) is 11.7 Å². The lowest BCUT2D eigenvalue weighted by Crippen LogP contribution is -2.35. The number of hydrogen-bond acceptors (Lipinski definition) is 5. The van der Waals surface area contributed by atoms with Gasteiger partial charge in [0.15, 0.2) is 0 Å². The number of amides is 1. The zero-order valence-electron chi connectivity index (χ0n) is 11.8. The van der Waals surface area contributed by atoms with Gasteiger partial charge in [0.1, 0.15) is 5.75 Å². The van der Waals surface area contributed by atoms with Gasteiger partial charge in [0.05, 0.1) is 18.1 Å². The van der Waals surface area contributed by atoms with Gasteiger partial charge in [-0.3, -0.25) is 20.4 Å². The fourth-order valence-electron chi connectivity index (χ4n) is 2.09. The Kier molecular flexibility index (Phi) is 3.25. The highest BCUT2D eigenvalue weighted by Crippen LogP contribution is 2.28. The maximum Gasteiger partial charge on any atom is 0.295 e. The third-order valence-electron chi connectivity index (χ3n) is 3.54. The van der Waals surface area contributed by atoms with Gasteiger partial charge in [-0.1, -0.05) is 0 Å². The number of fused-ring (bicyclic) bond motifs is 1. The minimum atomic E-state index is -0.302. The highest BCUT2D eigenvalue weighted by atomic mass is 16.5. The van der Waals surface area contributed by atoms with Crippen LogP contribution in [0.2, 0.25) is 0 Å². The van der Waals surface area contributed by atoms with Crippen molar-refractivity contribution in [3.8, 4) is 5.75 Å². The summed E-state index contributed by atoms with van der Waals surface area (Å²) in [5, 5.41) is 0. The average Bonchev–Trinajstić information content (AvgIpc) is 3.33. The second-order valence-electron chi connectivity index (χ2n) is 5.07. The van der Waals surface area contributed by atoms with Crippen LogP contribution in [0.15, 0.2) is 23.0 Å². The van der Waals surface area contributed by atoms with Crippen LogP contribution in [0.1, 0.15) is 12.8 Å². The van der Waals surface area contributed by atoms with Gasteiger partial charge in [-0.2, -0.15) is 0 Å². The first-order chi connectivity index (χ1) is 10.1. The number of hydrazine groups is 1. The highest BCUT2D eigenvalue weighted by Gasteiger charge is 2.29. The lowest BCUT2D eigenvalue weighted by atomic mass is 10.3. The molecule has 110 valence electrons. The molecular formula is C14H16N4O3. The molecule has 1 heterocycles. The van der Waals surface area contributed by atoms with E-state index in [1.165, 1.54) is 4.57 Å². The number of carbonyl (C=O) groups is 1. The summed E-state index contributed by atoms with van der Waals surface area (Å²) >= 11 is 0. The standard InChI is InChI=1S/C14H16N4O3/c1-18-11-6-5-9(21-2)7-10(11)15-12(14(18)20)16-17-13(19)8-3-4-8/h5-8H,3-4H2,1-2H3,(H,15,16)(H,17,19). The predicted octanol–water partition coefficient (Wildman–Crippen LogP) is 0.795. The van der Waals surface area contributed by atoms with E-state index >= 15 is 0 Å². The Balaban J connectivity index is 1.95.